The van der Waals surface area contributed by atoms with Crippen molar-refractivity contribution in [3.63, 3.8) is 0 Å². The Morgan fingerprint density at radius 3 is 1.30 bits per heavy atom. The van der Waals surface area contributed by atoms with E-state index in [4.69, 9.17) is 25.3 Å². The first-order valence-electron chi connectivity index (χ1n) is 4.63. The molecule has 110 valence electrons. The van der Waals surface area contributed by atoms with E-state index in [0.29, 0.717) is 12.2 Å². The quantitative estimate of drug-likeness (QED) is 0.228. The number of carbonyl (C=O) groups is 2. The second kappa shape index (κ2) is 10.6. The second-order valence-electron chi connectivity index (χ2n) is 3.10. The summed E-state index contributed by atoms with van der Waals surface area (Å²) in [5, 5.41) is 38.8. The van der Waals surface area contributed by atoms with Gasteiger partial charge in [-0.1, -0.05) is 12.2 Å². The van der Waals surface area contributed by atoms with E-state index in [-0.39, 0.29) is 18.9 Å². The Labute approximate surface area is 125 Å². The fourth-order valence-corrected chi connectivity index (χ4v) is 1.09. The van der Waals surface area contributed by atoms with Crippen LogP contribution in [0.4, 0.5) is 8.78 Å². The fraction of sp³-hybridized carbons (Fsp3) is 0.333. The molecule has 2 atom stereocenters. The van der Waals surface area contributed by atoms with Crippen LogP contribution in [-0.4, -0.2) is 75.7 Å². The first-order chi connectivity index (χ1) is 8.58. The number of alkyl halides is 2. The normalized spacial score (nSPS) is 12.7. The van der Waals surface area contributed by atoms with Crippen molar-refractivity contribution >= 4 is 38.1 Å². The zero-order valence-corrected chi connectivity index (χ0v) is 9.61. The van der Waals surface area contributed by atoms with Gasteiger partial charge in [0.05, 0.1) is 0 Å². The van der Waals surface area contributed by atoms with Gasteiger partial charge in [0, 0.05) is 0 Å². The van der Waals surface area contributed by atoms with Crippen LogP contribution in [0, 0.1) is 5.41 Å². The molecule has 0 saturated carbocycles. The topological polar surface area (TPSA) is 135 Å². The zero-order chi connectivity index (χ0) is 15.8. The molecule has 0 amide bonds. The number of aliphatic carboxylic acids is 2. The number of hydrogen-bond acceptors (Lipinski definition) is 5. The summed E-state index contributed by atoms with van der Waals surface area (Å²) in [6.45, 7) is 5.81. The number of carboxylic acid groups (broad SMARTS) is 2. The Balaban J connectivity index is -0.000000508. The van der Waals surface area contributed by atoms with Gasteiger partial charge in [-0.3, -0.25) is 9.59 Å². The van der Waals surface area contributed by atoms with Crippen LogP contribution in [0.3, 0.4) is 0 Å². The van der Waals surface area contributed by atoms with Crippen LogP contribution < -0.4 is 0 Å². The molecule has 0 aliphatic heterocycles. The van der Waals surface area contributed by atoms with E-state index in [1.54, 1.807) is 0 Å². The van der Waals surface area contributed by atoms with Crippen molar-refractivity contribution in [1.29, 1.82) is 0 Å². The SMILES string of the molecule is C=CC(F)C(C(=O)O)(C(=O)O)C(F)C=C.OB(O)O.[LiH]. The molecule has 7 nitrogen and oxygen atoms in total. The number of hydrogen-bond donors (Lipinski definition) is 5. The van der Waals surface area contributed by atoms with Crippen LogP contribution >= 0.6 is 0 Å². The van der Waals surface area contributed by atoms with E-state index in [9.17, 15) is 18.4 Å². The number of rotatable bonds is 6. The summed E-state index contributed by atoms with van der Waals surface area (Å²) in [5.41, 5.74) is -3.22. The summed E-state index contributed by atoms with van der Waals surface area (Å²) in [7, 11) is -2.17. The maximum atomic E-state index is 13.2. The van der Waals surface area contributed by atoms with Crippen LogP contribution in [-0.2, 0) is 9.59 Å². The summed E-state index contributed by atoms with van der Waals surface area (Å²) in [6.07, 6.45) is -4.25. The van der Waals surface area contributed by atoms with E-state index in [1.165, 1.54) is 0 Å². The van der Waals surface area contributed by atoms with Gasteiger partial charge in [-0.2, -0.15) is 0 Å². The molecule has 0 saturated heterocycles. The molecule has 0 aromatic rings. The van der Waals surface area contributed by atoms with Crippen LogP contribution in [0.5, 0.6) is 0 Å². The van der Waals surface area contributed by atoms with Crippen molar-refractivity contribution in [2.75, 3.05) is 0 Å². The zero-order valence-electron chi connectivity index (χ0n) is 9.61. The number of carboxylic acids is 2. The monoisotopic (exact) mass is 290 g/mol. The molecular weight excluding hydrogens is 276 g/mol. The first kappa shape index (κ1) is 23.9. The van der Waals surface area contributed by atoms with E-state index < -0.39 is 37.0 Å². The standard InChI is InChI=1S/C9H10F2O4.BH3O3.Li.H/c1-3-5(10)9(7(12)13,8(14)15)6(11)4-2;2-1(3)4;;/h3-6H,1-2H2,(H,12,13)(H,14,15);2-4H;;. The van der Waals surface area contributed by atoms with Gasteiger partial charge in [0.15, 0.2) is 0 Å². The predicted octanol–water partition coefficient (Wildman–Crippen LogP) is -1.51. The number of allylic oxidation sites excluding steroid dienone is 2. The Hall–Kier alpha value is -1.18. The van der Waals surface area contributed by atoms with Crippen molar-refractivity contribution in [2.45, 2.75) is 12.3 Å². The van der Waals surface area contributed by atoms with Gasteiger partial charge in [0.1, 0.15) is 12.3 Å². The minimum absolute atomic E-state index is 0. The van der Waals surface area contributed by atoms with Crippen molar-refractivity contribution in [2.24, 2.45) is 5.41 Å². The molecule has 0 radical (unpaired) electrons. The molecule has 20 heavy (non-hydrogen) atoms. The van der Waals surface area contributed by atoms with Crippen molar-refractivity contribution in [3.05, 3.63) is 25.3 Å². The van der Waals surface area contributed by atoms with Crippen LogP contribution in [0.15, 0.2) is 25.3 Å². The van der Waals surface area contributed by atoms with E-state index in [2.05, 4.69) is 13.2 Å². The fourth-order valence-electron chi connectivity index (χ4n) is 1.09. The predicted molar refractivity (Wildman–Crippen MR) is 67.5 cm³/mol. The third kappa shape index (κ3) is 5.85. The van der Waals surface area contributed by atoms with Crippen molar-refractivity contribution in [1.82, 2.24) is 0 Å². The molecule has 0 rings (SSSR count). The maximum absolute atomic E-state index is 13.2. The van der Waals surface area contributed by atoms with E-state index in [0.717, 1.165) is 0 Å². The van der Waals surface area contributed by atoms with Crippen molar-refractivity contribution in [3.8, 4) is 0 Å². The molecule has 11 heteroatoms. The molecule has 0 aliphatic rings. The average Bonchev–Trinajstić information content (AvgIpc) is 2.27. The van der Waals surface area contributed by atoms with Gasteiger partial charge >= 0.3 is 38.1 Å². The summed E-state index contributed by atoms with van der Waals surface area (Å²) < 4.78 is 26.4. The van der Waals surface area contributed by atoms with Gasteiger partial charge in [-0.15, -0.1) is 13.2 Å². The third-order valence-electron chi connectivity index (χ3n) is 1.99. The third-order valence-corrected chi connectivity index (χ3v) is 1.99. The van der Waals surface area contributed by atoms with Crippen LogP contribution in [0.1, 0.15) is 0 Å². The first-order valence-corrected chi connectivity index (χ1v) is 4.63. The Kier molecular flexibility index (Phi) is 12.6. The Morgan fingerprint density at radius 1 is 1.00 bits per heavy atom. The Bertz CT molecular complexity index is 320. The summed E-state index contributed by atoms with van der Waals surface area (Å²) in [5.74, 6) is -4.23. The summed E-state index contributed by atoms with van der Waals surface area (Å²) >= 11 is 0. The van der Waals surface area contributed by atoms with Gasteiger partial charge < -0.3 is 25.3 Å². The van der Waals surface area contributed by atoms with Gasteiger partial charge in [-0.05, 0) is 0 Å². The molecular formula is C9H14BF2LiO7. The van der Waals surface area contributed by atoms with Gasteiger partial charge in [-0.25, -0.2) is 8.78 Å². The van der Waals surface area contributed by atoms with Gasteiger partial charge in [0.25, 0.3) is 0 Å². The summed E-state index contributed by atoms with van der Waals surface area (Å²) in [6, 6.07) is 0. The van der Waals surface area contributed by atoms with E-state index >= 15 is 0 Å². The molecule has 0 fully saturated rings. The van der Waals surface area contributed by atoms with Crippen LogP contribution in [0.25, 0.3) is 0 Å². The van der Waals surface area contributed by atoms with Crippen molar-refractivity contribution < 1.29 is 43.7 Å². The summed E-state index contributed by atoms with van der Waals surface area (Å²) in [4.78, 5) is 21.4. The molecule has 5 N–H and O–H groups in total. The second-order valence-corrected chi connectivity index (χ2v) is 3.10. The molecule has 0 heterocycles. The Morgan fingerprint density at radius 2 is 1.20 bits per heavy atom. The molecule has 0 aromatic heterocycles. The average molecular weight is 290 g/mol. The number of halogens is 2. The molecule has 2 unspecified atom stereocenters. The molecule has 0 spiro atoms. The minimum atomic E-state index is -3.22. The van der Waals surface area contributed by atoms with Crippen LogP contribution in [0.2, 0.25) is 0 Å². The molecule has 0 aromatic carbocycles. The van der Waals surface area contributed by atoms with Gasteiger partial charge in [0.2, 0.25) is 5.41 Å². The van der Waals surface area contributed by atoms with E-state index in [1.807, 2.05) is 0 Å². The molecule has 0 aliphatic carbocycles. The molecule has 0 bridgehead atoms.